The number of primary amides is 2. The van der Waals surface area contributed by atoms with Crippen LogP contribution in [0.4, 0.5) is 11.9 Å². The molecule has 20 heteroatoms. The summed E-state index contributed by atoms with van der Waals surface area (Å²) in [5, 5.41) is 14.1. The third-order valence-corrected chi connectivity index (χ3v) is 9.93. The van der Waals surface area contributed by atoms with Crippen molar-refractivity contribution in [2.45, 2.75) is 67.2 Å². The van der Waals surface area contributed by atoms with Crippen molar-refractivity contribution in [3.05, 3.63) is 82.6 Å². The Hall–Kier alpha value is -6.93. The van der Waals surface area contributed by atoms with E-state index in [1.54, 1.807) is 38.9 Å². The van der Waals surface area contributed by atoms with Crippen molar-refractivity contribution < 1.29 is 28.7 Å². The molecule has 1 aliphatic heterocycles. The van der Waals surface area contributed by atoms with Crippen LogP contribution in [0.5, 0.6) is 5.75 Å². The van der Waals surface area contributed by atoms with Crippen LogP contribution in [0.2, 0.25) is 0 Å². The van der Waals surface area contributed by atoms with E-state index < -0.39 is 17.7 Å². The smallest absolute Gasteiger partial charge is 0.276 e. The summed E-state index contributed by atoms with van der Waals surface area (Å²) in [4.78, 5) is 64.8. The first kappa shape index (κ1) is 43.6. The second kappa shape index (κ2) is 19.9. The number of allylic oxidation sites excluding steroid dienone is 2. The lowest BCUT2D eigenvalue weighted by molar-refractivity contribution is -0.105. The highest BCUT2D eigenvalue weighted by atomic mass is 16.5. The maximum atomic E-state index is 13.4. The lowest BCUT2D eigenvalue weighted by atomic mass is 10.1. The van der Waals surface area contributed by atoms with Crippen molar-refractivity contribution >= 4 is 58.2 Å². The molecule has 1 aromatic carbocycles. The molecular formula is C41H52N14O6. The Balaban J connectivity index is 0.000000613. The minimum absolute atomic E-state index is 0.172. The van der Waals surface area contributed by atoms with E-state index in [0.29, 0.717) is 72.1 Å². The number of nitrogens with two attached hydrogens (primary N) is 2. The Kier molecular flexibility index (Phi) is 14.2. The first-order valence-corrected chi connectivity index (χ1v) is 20.1. The van der Waals surface area contributed by atoms with Gasteiger partial charge in [-0.3, -0.25) is 48.6 Å². The van der Waals surface area contributed by atoms with Crippen molar-refractivity contribution in [3.8, 4) is 5.75 Å². The summed E-state index contributed by atoms with van der Waals surface area (Å²) in [7, 11) is 0. The number of hydrogen-bond donors (Lipinski definition) is 4. The Morgan fingerprint density at radius 2 is 1.49 bits per heavy atom. The Morgan fingerprint density at radius 3 is 2.13 bits per heavy atom. The highest BCUT2D eigenvalue weighted by Crippen LogP contribution is 2.31. The molecule has 1 saturated heterocycles. The number of aryl methyl sites for hydroxylation is 5. The molecule has 0 unspecified atom stereocenters. The van der Waals surface area contributed by atoms with Crippen LogP contribution in [-0.4, -0.2) is 112 Å². The number of benzene rings is 1. The number of fused-ring (bicyclic) bond motifs is 2. The summed E-state index contributed by atoms with van der Waals surface area (Å²) in [5.74, 6) is -0.884. The number of ether oxygens (including phenoxy) is 2. The molecule has 0 bridgehead atoms. The van der Waals surface area contributed by atoms with Crippen molar-refractivity contribution in [3.63, 3.8) is 0 Å². The van der Waals surface area contributed by atoms with Crippen LogP contribution in [-0.2, 0) is 35.7 Å². The van der Waals surface area contributed by atoms with Crippen molar-refractivity contribution in [1.29, 1.82) is 0 Å². The summed E-state index contributed by atoms with van der Waals surface area (Å²) >= 11 is 0. The molecule has 0 saturated carbocycles. The van der Waals surface area contributed by atoms with E-state index in [9.17, 15) is 19.2 Å². The Bertz CT molecular complexity index is 2560. The van der Waals surface area contributed by atoms with Crippen LogP contribution < -0.4 is 26.8 Å². The molecule has 0 aliphatic carbocycles. The molecule has 6 aromatic rings. The van der Waals surface area contributed by atoms with Gasteiger partial charge in [0.2, 0.25) is 30.1 Å². The largest absolute Gasteiger partial charge is 0.491 e. The molecule has 1 aliphatic rings. The topological polar surface area (TPSA) is 250 Å². The number of aromatic nitrogens is 9. The maximum Gasteiger partial charge on any atom is 0.276 e. The van der Waals surface area contributed by atoms with Crippen molar-refractivity contribution in [1.82, 2.24) is 48.5 Å². The van der Waals surface area contributed by atoms with E-state index in [2.05, 4.69) is 60.6 Å². The highest BCUT2D eigenvalue weighted by molar-refractivity contribution is 6.03. The first-order chi connectivity index (χ1) is 29.4. The van der Waals surface area contributed by atoms with Crippen LogP contribution in [0, 0.1) is 20.8 Å². The molecule has 4 amide bonds. The molecule has 5 aromatic heterocycles. The van der Waals surface area contributed by atoms with Gasteiger partial charge in [0.05, 0.1) is 42.3 Å². The minimum atomic E-state index is -0.660. The van der Waals surface area contributed by atoms with Gasteiger partial charge in [0.15, 0.2) is 5.65 Å². The average molecular weight is 837 g/mol. The fourth-order valence-electron chi connectivity index (χ4n) is 7.02. The third kappa shape index (κ3) is 10.5. The minimum Gasteiger partial charge on any atom is -0.491 e. The molecule has 20 nitrogen and oxygen atoms in total. The number of amides is 4. The lowest BCUT2D eigenvalue weighted by Gasteiger charge is -2.26. The van der Waals surface area contributed by atoms with Gasteiger partial charge in [0, 0.05) is 63.3 Å². The zero-order valence-electron chi connectivity index (χ0n) is 35.1. The molecular weight excluding hydrogens is 785 g/mol. The monoisotopic (exact) mass is 836 g/mol. The number of anilines is 2. The summed E-state index contributed by atoms with van der Waals surface area (Å²) in [5.41, 5.74) is 16.7. The molecule has 0 atom stereocenters. The number of rotatable bonds is 17. The van der Waals surface area contributed by atoms with Gasteiger partial charge in [-0.25, -0.2) is 15.0 Å². The van der Waals surface area contributed by atoms with E-state index >= 15 is 0 Å². The second-order valence-corrected chi connectivity index (χ2v) is 14.3. The highest BCUT2D eigenvalue weighted by Gasteiger charge is 2.21. The summed E-state index contributed by atoms with van der Waals surface area (Å²) in [6.45, 7) is 16.1. The predicted octanol–water partition coefficient (Wildman–Crippen LogP) is 3.20. The van der Waals surface area contributed by atoms with Crippen LogP contribution in [0.15, 0.2) is 48.7 Å². The van der Waals surface area contributed by atoms with E-state index in [1.165, 1.54) is 18.0 Å². The number of carbonyl (C=O) groups excluding carboxylic acids is 4. The van der Waals surface area contributed by atoms with Gasteiger partial charge < -0.3 is 25.5 Å². The SMILES string of the molecule is CCn1nc(C)cc1C.CCn1nc(C)cc1C(=O)Nc1nc2cc(C(N)=O)cnc2n1C/C=C/Cn1c(NC=O)nc2cc(C(N)=O)cc(OCCCN3CCOCC3)c21. The Labute approximate surface area is 351 Å². The number of nitrogens with zero attached hydrogens (tertiary/aromatic N) is 10. The van der Waals surface area contributed by atoms with Crippen LogP contribution >= 0.6 is 0 Å². The molecule has 1 fully saturated rings. The normalized spacial score (nSPS) is 13.1. The number of carbonyl (C=O) groups is 4. The number of hydrogen-bond acceptors (Lipinski definition) is 12. The van der Waals surface area contributed by atoms with Crippen LogP contribution in [0.1, 0.15) is 68.6 Å². The molecule has 0 spiro atoms. The first-order valence-electron chi connectivity index (χ1n) is 20.1. The molecule has 6 N–H and O–H groups in total. The number of imidazole rings is 2. The number of nitrogens with one attached hydrogen (secondary N) is 2. The fourth-order valence-corrected chi connectivity index (χ4v) is 7.02. The molecule has 61 heavy (non-hydrogen) atoms. The molecule has 7 rings (SSSR count). The van der Waals surface area contributed by atoms with E-state index in [0.717, 1.165) is 38.3 Å². The Morgan fingerprint density at radius 1 is 0.836 bits per heavy atom. The third-order valence-electron chi connectivity index (χ3n) is 9.93. The van der Waals surface area contributed by atoms with E-state index in [4.69, 9.17) is 20.9 Å². The number of morpholine rings is 1. The van der Waals surface area contributed by atoms with Gasteiger partial charge in [-0.15, -0.1) is 0 Å². The standard InChI is InChI=1S/C34H40N12O6.C7H12N2/c1-3-46-26(15-21(2)42-46)32(50)41-34-40-25-17-23(30(36)49)19-37-31(25)45(34)9-5-4-8-44-28-24(39-33(44)38-20-47)16-22(29(35)48)18-27(28)52-12-6-7-43-10-13-51-14-11-43;1-4-9-7(3)5-6(2)8-9/h4-5,15-20H,3,6-14H2,1-2H3,(H2,35,48)(H2,36,49)(H,38,39,47)(H,40,41,50);5H,4H2,1-3H3/b5-4+;. The quantitative estimate of drug-likeness (QED) is 0.0588. The van der Waals surface area contributed by atoms with Crippen LogP contribution in [0.25, 0.3) is 22.2 Å². The van der Waals surface area contributed by atoms with E-state index in [-0.39, 0.29) is 36.1 Å². The number of pyridine rings is 1. The van der Waals surface area contributed by atoms with Gasteiger partial charge in [-0.2, -0.15) is 10.2 Å². The summed E-state index contributed by atoms with van der Waals surface area (Å²) in [6, 6.07) is 8.42. The van der Waals surface area contributed by atoms with Gasteiger partial charge in [-0.05, 0) is 71.4 Å². The van der Waals surface area contributed by atoms with Gasteiger partial charge in [-0.1, -0.05) is 12.2 Å². The second-order valence-electron chi connectivity index (χ2n) is 14.3. The molecule has 6 heterocycles. The van der Waals surface area contributed by atoms with Gasteiger partial charge in [0.1, 0.15) is 22.5 Å². The summed E-state index contributed by atoms with van der Waals surface area (Å²) < 4.78 is 18.7. The van der Waals surface area contributed by atoms with Gasteiger partial charge >= 0.3 is 0 Å². The molecule has 0 radical (unpaired) electrons. The molecule has 322 valence electrons. The maximum absolute atomic E-state index is 13.4. The zero-order chi connectivity index (χ0) is 43.6. The van der Waals surface area contributed by atoms with Crippen LogP contribution in [0.3, 0.4) is 0 Å². The summed E-state index contributed by atoms with van der Waals surface area (Å²) in [6.07, 6.45) is 6.28. The lowest BCUT2D eigenvalue weighted by Crippen LogP contribution is -2.37. The van der Waals surface area contributed by atoms with Crippen molar-refractivity contribution in [2.24, 2.45) is 11.5 Å². The van der Waals surface area contributed by atoms with Crippen molar-refractivity contribution in [2.75, 3.05) is 50.1 Å². The predicted molar refractivity (Wildman–Crippen MR) is 228 cm³/mol. The van der Waals surface area contributed by atoms with Gasteiger partial charge in [0.25, 0.3) is 5.91 Å². The zero-order valence-corrected chi connectivity index (χ0v) is 35.1. The fraction of sp³-hybridized carbons (Fsp3) is 0.390. The average Bonchev–Trinajstić information content (AvgIpc) is 4.00. The van der Waals surface area contributed by atoms with E-state index in [1.807, 2.05) is 30.7 Å².